The third-order valence-corrected chi connectivity index (χ3v) is 3.03. The molecule has 0 heterocycles. The largest absolute Gasteiger partial charge is 0.388 e. The highest BCUT2D eigenvalue weighted by atomic mass is 35.5. The van der Waals surface area contributed by atoms with E-state index in [0.29, 0.717) is 22.6 Å². The molecule has 0 fully saturated rings. The second-order valence-corrected chi connectivity index (χ2v) is 4.38. The number of halogens is 1. The Labute approximate surface area is 99.5 Å². The summed E-state index contributed by atoms with van der Waals surface area (Å²) in [5, 5.41) is 10.3. The maximum Gasteiger partial charge on any atom is 0.191 e. The highest BCUT2D eigenvalue weighted by Crippen LogP contribution is 2.22. The smallest absolute Gasteiger partial charge is 0.191 e. The predicted molar refractivity (Wildman–Crippen MR) is 63.7 cm³/mol. The van der Waals surface area contributed by atoms with E-state index in [2.05, 4.69) is 0 Å². The Morgan fingerprint density at radius 1 is 1.31 bits per heavy atom. The molecule has 1 aromatic rings. The van der Waals surface area contributed by atoms with Crippen LogP contribution in [0.2, 0.25) is 5.02 Å². The van der Waals surface area contributed by atoms with Gasteiger partial charge in [-0.1, -0.05) is 17.7 Å². The van der Waals surface area contributed by atoms with Gasteiger partial charge in [-0.05, 0) is 43.5 Å². The van der Waals surface area contributed by atoms with Crippen LogP contribution >= 0.6 is 11.6 Å². The van der Waals surface area contributed by atoms with Gasteiger partial charge >= 0.3 is 0 Å². The quantitative estimate of drug-likeness (QED) is 0.802. The van der Waals surface area contributed by atoms with Crippen LogP contribution in [0, 0.1) is 0 Å². The number of ketones is 1. The van der Waals surface area contributed by atoms with Gasteiger partial charge in [0.25, 0.3) is 0 Å². The van der Waals surface area contributed by atoms with E-state index in [9.17, 15) is 9.90 Å². The number of carbonyl (C=O) groups excluding carboxylic acids is 1. The van der Waals surface area contributed by atoms with E-state index in [1.54, 1.807) is 24.3 Å². The summed E-state index contributed by atoms with van der Waals surface area (Å²) in [5.74, 6) is -0.0936. The number of Topliss-reactive ketones (excluding diaryl/α,β-unsaturated/α-hetero) is 1. The van der Waals surface area contributed by atoms with Crippen molar-refractivity contribution in [3.8, 4) is 0 Å². The Balaban J connectivity index is 2.24. The Bertz CT molecular complexity index is 420. The minimum absolute atomic E-state index is 0.0936. The summed E-state index contributed by atoms with van der Waals surface area (Å²) in [4.78, 5) is 12.1. The van der Waals surface area contributed by atoms with Gasteiger partial charge in [-0.2, -0.15) is 0 Å². The van der Waals surface area contributed by atoms with E-state index in [4.69, 9.17) is 11.6 Å². The Morgan fingerprint density at radius 3 is 2.62 bits per heavy atom. The minimum Gasteiger partial charge on any atom is -0.388 e. The van der Waals surface area contributed by atoms with Crippen molar-refractivity contribution in [2.45, 2.75) is 25.4 Å². The van der Waals surface area contributed by atoms with Crippen LogP contribution in [0.3, 0.4) is 0 Å². The minimum atomic E-state index is -0.614. The molecule has 1 N–H and O–H groups in total. The molecule has 84 valence electrons. The van der Waals surface area contributed by atoms with E-state index in [-0.39, 0.29) is 5.78 Å². The molecule has 1 unspecified atom stereocenters. The summed E-state index contributed by atoms with van der Waals surface area (Å²) in [7, 11) is 0. The number of hydrogen-bond donors (Lipinski definition) is 1. The summed E-state index contributed by atoms with van der Waals surface area (Å²) < 4.78 is 0. The molecule has 1 aromatic carbocycles. The number of benzene rings is 1. The number of carbonyl (C=O) groups is 1. The third-order valence-electron chi connectivity index (χ3n) is 2.77. The number of rotatable bonds is 2. The lowest BCUT2D eigenvalue weighted by atomic mass is 9.91. The number of allylic oxidation sites excluding steroid dienone is 1. The van der Waals surface area contributed by atoms with Crippen LogP contribution in [-0.4, -0.2) is 17.0 Å². The van der Waals surface area contributed by atoms with Gasteiger partial charge in [-0.25, -0.2) is 0 Å². The lowest BCUT2D eigenvalue weighted by Crippen LogP contribution is -2.20. The molecule has 1 aliphatic carbocycles. The summed E-state index contributed by atoms with van der Waals surface area (Å²) in [6.07, 6.45) is 3.71. The molecule has 0 amide bonds. The average Bonchev–Trinajstić information content (AvgIpc) is 2.30. The maximum absolute atomic E-state index is 12.1. The molecule has 0 saturated heterocycles. The summed E-state index contributed by atoms with van der Waals surface area (Å²) in [6.45, 7) is 0. The van der Waals surface area contributed by atoms with Gasteiger partial charge in [0.15, 0.2) is 5.78 Å². The Hall–Kier alpha value is -1.12. The van der Waals surface area contributed by atoms with Crippen molar-refractivity contribution < 1.29 is 9.90 Å². The van der Waals surface area contributed by atoms with Crippen molar-refractivity contribution in [2.75, 3.05) is 0 Å². The second-order valence-electron chi connectivity index (χ2n) is 3.94. The van der Waals surface area contributed by atoms with Crippen LogP contribution in [0.25, 0.3) is 0 Å². The van der Waals surface area contributed by atoms with Crippen molar-refractivity contribution >= 4 is 17.4 Å². The van der Waals surface area contributed by atoms with Gasteiger partial charge in [0, 0.05) is 16.2 Å². The molecule has 0 bridgehead atoms. The van der Waals surface area contributed by atoms with Gasteiger partial charge in [-0.15, -0.1) is 0 Å². The Morgan fingerprint density at radius 2 is 2.00 bits per heavy atom. The van der Waals surface area contributed by atoms with E-state index < -0.39 is 6.10 Å². The predicted octanol–water partition coefficient (Wildman–Crippen LogP) is 2.99. The molecular formula is C13H13ClO2. The van der Waals surface area contributed by atoms with Gasteiger partial charge in [0.2, 0.25) is 0 Å². The molecule has 2 rings (SSSR count). The van der Waals surface area contributed by atoms with Crippen LogP contribution in [0.1, 0.15) is 29.6 Å². The molecule has 16 heavy (non-hydrogen) atoms. The van der Waals surface area contributed by atoms with Crippen molar-refractivity contribution in [3.05, 3.63) is 46.5 Å². The average molecular weight is 237 g/mol. The second kappa shape index (κ2) is 4.81. The molecule has 2 nitrogen and oxygen atoms in total. The van der Waals surface area contributed by atoms with Crippen molar-refractivity contribution in [1.82, 2.24) is 0 Å². The molecule has 0 saturated carbocycles. The number of hydrogen-bond acceptors (Lipinski definition) is 2. The van der Waals surface area contributed by atoms with Crippen LogP contribution in [0.15, 0.2) is 35.9 Å². The highest BCUT2D eigenvalue weighted by molar-refractivity contribution is 6.30. The maximum atomic E-state index is 12.1. The van der Waals surface area contributed by atoms with E-state index in [1.807, 2.05) is 6.08 Å². The molecule has 0 spiro atoms. The fourth-order valence-electron chi connectivity index (χ4n) is 1.87. The first-order valence-corrected chi connectivity index (χ1v) is 5.74. The van der Waals surface area contributed by atoms with Gasteiger partial charge in [0.05, 0.1) is 6.10 Å². The van der Waals surface area contributed by atoms with E-state index in [0.717, 1.165) is 12.8 Å². The topological polar surface area (TPSA) is 37.3 Å². The van der Waals surface area contributed by atoms with Gasteiger partial charge < -0.3 is 5.11 Å². The number of aliphatic hydroxyl groups is 1. The van der Waals surface area contributed by atoms with Gasteiger partial charge in [-0.3, -0.25) is 4.79 Å². The van der Waals surface area contributed by atoms with Crippen LogP contribution in [0.5, 0.6) is 0 Å². The molecule has 1 aliphatic rings. The fourth-order valence-corrected chi connectivity index (χ4v) is 2.00. The van der Waals surface area contributed by atoms with Crippen LogP contribution in [-0.2, 0) is 0 Å². The van der Waals surface area contributed by atoms with Crippen molar-refractivity contribution in [3.63, 3.8) is 0 Å². The fraction of sp³-hybridized carbons (Fsp3) is 0.308. The van der Waals surface area contributed by atoms with Crippen molar-refractivity contribution in [1.29, 1.82) is 0 Å². The van der Waals surface area contributed by atoms with Crippen LogP contribution < -0.4 is 0 Å². The zero-order valence-corrected chi connectivity index (χ0v) is 9.57. The van der Waals surface area contributed by atoms with E-state index >= 15 is 0 Å². The van der Waals surface area contributed by atoms with Crippen molar-refractivity contribution in [2.24, 2.45) is 0 Å². The molecule has 1 atom stereocenters. The standard InChI is InChI=1S/C13H13ClO2/c14-10-7-5-9(6-8-10)13(16)11-3-1-2-4-12(11)15/h3,5-8,12,15H,1-2,4H2. The number of aliphatic hydroxyl groups excluding tert-OH is 1. The first kappa shape index (κ1) is 11.4. The molecule has 0 aromatic heterocycles. The van der Waals surface area contributed by atoms with E-state index in [1.165, 1.54) is 0 Å². The SMILES string of the molecule is O=C(C1=CCCCC1O)c1ccc(Cl)cc1. The molecule has 0 aliphatic heterocycles. The molecule has 0 radical (unpaired) electrons. The van der Waals surface area contributed by atoms with Gasteiger partial charge in [0.1, 0.15) is 0 Å². The molecular weight excluding hydrogens is 224 g/mol. The third kappa shape index (κ3) is 2.34. The zero-order chi connectivity index (χ0) is 11.5. The summed E-state index contributed by atoms with van der Waals surface area (Å²) >= 11 is 5.76. The first-order chi connectivity index (χ1) is 7.68. The lowest BCUT2D eigenvalue weighted by molar-refractivity contribution is 0.0975. The highest BCUT2D eigenvalue weighted by Gasteiger charge is 2.22. The Kier molecular flexibility index (Phi) is 3.42. The summed E-state index contributed by atoms with van der Waals surface area (Å²) in [6, 6.07) is 6.74. The van der Waals surface area contributed by atoms with Crippen LogP contribution in [0.4, 0.5) is 0 Å². The normalized spacial score (nSPS) is 20.4. The lowest BCUT2D eigenvalue weighted by Gasteiger charge is -2.18. The molecule has 3 heteroatoms. The first-order valence-electron chi connectivity index (χ1n) is 5.37. The zero-order valence-electron chi connectivity index (χ0n) is 8.82. The summed E-state index contributed by atoms with van der Waals surface area (Å²) in [5.41, 5.74) is 1.10. The monoisotopic (exact) mass is 236 g/mol.